The summed E-state index contributed by atoms with van der Waals surface area (Å²) in [6.07, 6.45) is 3.78. The Morgan fingerprint density at radius 3 is 2.91 bits per heavy atom. The van der Waals surface area contributed by atoms with Crippen LogP contribution >= 0.6 is 0 Å². The van der Waals surface area contributed by atoms with E-state index in [1.165, 1.54) is 19.3 Å². The molecule has 0 aromatic rings. The van der Waals surface area contributed by atoms with Gasteiger partial charge < -0.3 is 10.1 Å². The number of rotatable bonds is 3. The molecule has 1 saturated heterocycles. The van der Waals surface area contributed by atoms with Gasteiger partial charge in [-0.15, -0.1) is 0 Å². The molecule has 2 heteroatoms. The Morgan fingerprint density at radius 1 is 1.64 bits per heavy atom. The van der Waals surface area contributed by atoms with Crippen molar-refractivity contribution in [2.45, 2.75) is 32.2 Å². The molecule has 0 aliphatic carbocycles. The van der Waals surface area contributed by atoms with Crippen LogP contribution in [0, 0.1) is 5.92 Å². The quantitative estimate of drug-likeness (QED) is 0.669. The zero-order valence-corrected chi connectivity index (χ0v) is 7.60. The summed E-state index contributed by atoms with van der Waals surface area (Å²) >= 11 is 0. The van der Waals surface area contributed by atoms with Crippen LogP contribution in [0.3, 0.4) is 0 Å². The Bertz CT molecular complexity index is 95.7. The molecule has 0 spiro atoms. The highest BCUT2D eigenvalue weighted by atomic mass is 16.5. The lowest BCUT2D eigenvalue weighted by Crippen LogP contribution is -2.37. The van der Waals surface area contributed by atoms with E-state index in [1.807, 2.05) is 7.05 Å². The van der Waals surface area contributed by atoms with E-state index in [2.05, 4.69) is 12.2 Å². The predicted octanol–water partition coefficient (Wildman–Crippen LogP) is 1.41. The molecule has 1 aliphatic rings. The maximum Gasteiger partial charge on any atom is 0.0509 e. The summed E-state index contributed by atoms with van der Waals surface area (Å²) in [6.45, 7) is 4.16. The summed E-state index contributed by atoms with van der Waals surface area (Å²) < 4.78 is 5.43. The predicted molar refractivity (Wildman–Crippen MR) is 46.7 cm³/mol. The van der Waals surface area contributed by atoms with Crippen molar-refractivity contribution in [1.29, 1.82) is 0 Å². The van der Waals surface area contributed by atoms with Crippen LogP contribution in [0.5, 0.6) is 0 Å². The topological polar surface area (TPSA) is 21.3 Å². The fourth-order valence-electron chi connectivity index (χ4n) is 1.86. The molecule has 0 radical (unpaired) electrons. The van der Waals surface area contributed by atoms with Gasteiger partial charge in [0, 0.05) is 12.6 Å². The van der Waals surface area contributed by atoms with E-state index in [9.17, 15) is 0 Å². The van der Waals surface area contributed by atoms with Gasteiger partial charge in [-0.1, -0.05) is 6.92 Å². The molecule has 0 amide bonds. The third-order valence-electron chi connectivity index (χ3n) is 2.58. The summed E-state index contributed by atoms with van der Waals surface area (Å²) in [6, 6.07) is 0.662. The van der Waals surface area contributed by atoms with E-state index < -0.39 is 0 Å². The van der Waals surface area contributed by atoms with Gasteiger partial charge in [0.2, 0.25) is 0 Å². The zero-order valence-electron chi connectivity index (χ0n) is 7.60. The van der Waals surface area contributed by atoms with Crippen molar-refractivity contribution >= 4 is 0 Å². The van der Waals surface area contributed by atoms with Gasteiger partial charge in [0.1, 0.15) is 0 Å². The molecular formula is C9H19NO. The lowest BCUT2D eigenvalue weighted by Gasteiger charge is -2.29. The molecule has 1 fully saturated rings. The number of hydrogen-bond acceptors (Lipinski definition) is 2. The maximum absolute atomic E-state index is 5.43. The van der Waals surface area contributed by atoms with Gasteiger partial charge in [-0.2, -0.15) is 0 Å². The van der Waals surface area contributed by atoms with Crippen molar-refractivity contribution in [3.8, 4) is 0 Å². The summed E-state index contributed by atoms with van der Waals surface area (Å²) in [5, 5.41) is 3.34. The van der Waals surface area contributed by atoms with Crippen LogP contribution in [0.4, 0.5) is 0 Å². The number of ether oxygens (including phenoxy) is 1. The fraction of sp³-hybridized carbons (Fsp3) is 1.00. The summed E-state index contributed by atoms with van der Waals surface area (Å²) in [7, 11) is 2.04. The molecule has 0 bridgehead atoms. The Balaban J connectivity index is 2.30. The van der Waals surface area contributed by atoms with Gasteiger partial charge in [0.15, 0.2) is 0 Å². The van der Waals surface area contributed by atoms with Gasteiger partial charge >= 0.3 is 0 Å². The van der Waals surface area contributed by atoms with Crippen molar-refractivity contribution in [1.82, 2.24) is 5.32 Å². The van der Waals surface area contributed by atoms with Crippen LogP contribution in [0.1, 0.15) is 26.2 Å². The minimum Gasteiger partial charge on any atom is -0.381 e. The van der Waals surface area contributed by atoms with E-state index in [-0.39, 0.29) is 0 Å². The normalized spacial score (nSPS) is 28.4. The first-order valence-corrected chi connectivity index (χ1v) is 4.63. The van der Waals surface area contributed by atoms with Crippen molar-refractivity contribution in [3.63, 3.8) is 0 Å². The largest absolute Gasteiger partial charge is 0.381 e. The standard InChI is InChI=1S/C9H19NO/c1-3-9(10-2)8-5-4-6-11-7-8/h8-10H,3-7H2,1-2H3. The Morgan fingerprint density at radius 2 is 2.45 bits per heavy atom. The van der Waals surface area contributed by atoms with Crippen LogP contribution in [0.25, 0.3) is 0 Å². The summed E-state index contributed by atoms with van der Waals surface area (Å²) in [5.74, 6) is 0.749. The second kappa shape index (κ2) is 4.73. The van der Waals surface area contributed by atoms with Crippen LogP contribution in [0.15, 0.2) is 0 Å². The van der Waals surface area contributed by atoms with Crippen LogP contribution in [0.2, 0.25) is 0 Å². The van der Waals surface area contributed by atoms with E-state index in [0.29, 0.717) is 6.04 Å². The Labute approximate surface area is 69.3 Å². The molecule has 2 atom stereocenters. The smallest absolute Gasteiger partial charge is 0.0509 e. The first-order chi connectivity index (χ1) is 5.38. The highest BCUT2D eigenvalue weighted by Gasteiger charge is 2.20. The van der Waals surface area contributed by atoms with E-state index >= 15 is 0 Å². The van der Waals surface area contributed by atoms with Gasteiger partial charge in [0.05, 0.1) is 6.61 Å². The van der Waals surface area contributed by atoms with Crippen LogP contribution in [-0.2, 0) is 4.74 Å². The zero-order chi connectivity index (χ0) is 8.10. The molecular weight excluding hydrogens is 138 g/mol. The van der Waals surface area contributed by atoms with Gasteiger partial charge in [-0.25, -0.2) is 0 Å². The number of hydrogen-bond donors (Lipinski definition) is 1. The first-order valence-electron chi connectivity index (χ1n) is 4.63. The first kappa shape index (κ1) is 9.01. The van der Waals surface area contributed by atoms with E-state index in [4.69, 9.17) is 4.74 Å². The highest BCUT2D eigenvalue weighted by molar-refractivity contribution is 4.75. The van der Waals surface area contributed by atoms with Gasteiger partial charge in [-0.3, -0.25) is 0 Å². The Kier molecular flexibility index (Phi) is 3.87. The third-order valence-corrected chi connectivity index (χ3v) is 2.58. The fourth-order valence-corrected chi connectivity index (χ4v) is 1.86. The Hall–Kier alpha value is -0.0800. The molecule has 1 N–H and O–H groups in total. The van der Waals surface area contributed by atoms with E-state index in [1.54, 1.807) is 0 Å². The van der Waals surface area contributed by atoms with Crippen molar-refractivity contribution in [2.75, 3.05) is 20.3 Å². The van der Waals surface area contributed by atoms with Crippen LogP contribution < -0.4 is 5.32 Å². The summed E-state index contributed by atoms with van der Waals surface area (Å²) in [4.78, 5) is 0. The number of nitrogens with one attached hydrogen (secondary N) is 1. The highest BCUT2D eigenvalue weighted by Crippen LogP contribution is 2.18. The lowest BCUT2D eigenvalue weighted by molar-refractivity contribution is 0.0399. The average molecular weight is 157 g/mol. The van der Waals surface area contributed by atoms with Gasteiger partial charge in [0.25, 0.3) is 0 Å². The second-order valence-electron chi connectivity index (χ2n) is 3.28. The maximum atomic E-state index is 5.43. The van der Waals surface area contributed by atoms with Crippen molar-refractivity contribution in [3.05, 3.63) is 0 Å². The lowest BCUT2D eigenvalue weighted by atomic mass is 9.92. The molecule has 0 aromatic heterocycles. The molecule has 1 heterocycles. The molecule has 11 heavy (non-hydrogen) atoms. The van der Waals surface area contributed by atoms with Gasteiger partial charge in [-0.05, 0) is 32.2 Å². The molecule has 66 valence electrons. The molecule has 1 rings (SSSR count). The van der Waals surface area contributed by atoms with E-state index in [0.717, 1.165) is 19.1 Å². The molecule has 1 aliphatic heterocycles. The van der Waals surface area contributed by atoms with Crippen LogP contribution in [-0.4, -0.2) is 26.3 Å². The van der Waals surface area contributed by atoms with Crippen molar-refractivity contribution < 1.29 is 4.74 Å². The average Bonchev–Trinajstić information content (AvgIpc) is 2.09. The molecule has 2 unspecified atom stereocenters. The second-order valence-corrected chi connectivity index (χ2v) is 3.28. The SMILES string of the molecule is CCC(NC)C1CCCOC1. The minimum absolute atomic E-state index is 0.662. The van der Waals surface area contributed by atoms with Crippen molar-refractivity contribution in [2.24, 2.45) is 5.92 Å². The summed E-state index contributed by atoms with van der Waals surface area (Å²) in [5.41, 5.74) is 0. The third kappa shape index (κ3) is 2.46. The molecule has 0 saturated carbocycles. The monoisotopic (exact) mass is 157 g/mol. The minimum atomic E-state index is 0.662. The molecule has 0 aromatic carbocycles. The molecule has 2 nitrogen and oxygen atoms in total.